The van der Waals surface area contributed by atoms with E-state index in [2.05, 4.69) is 6.07 Å². The molecule has 0 aliphatic rings. The van der Waals surface area contributed by atoms with Gasteiger partial charge in [-0.2, -0.15) is 0 Å². The molecule has 0 N–H and O–H groups in total. The molecule has 0 fully saturated rings. The number of benzene rings is 2. The van der Waals surface area contributed by atoms with Crippen LogP contribution in [0.4, 0.5) is 0 Å². The van der Waals surface area contributed by atoms with Gasteiger partial charge in [-0.1, -0.05) is 42.5 Å². The molecule has 103 valence electrons. The molecule has 0 heterocycles. The van der Waals surface area contributed by atoms with Gasteiger partial charge in [0, 0.05) is 6.42 Å². The molecule has 3 nitrogen and oxygen atoms in total. The summed E-state index contributed by atoms with van der Waals surface area (Å²) >= 11 is 0. The summed E-state index contributed by atoms with van der Waals surface area (Å²) in [5, 5.41) is 2.31. The normalized spacial score (nSPS) is 12.1. The molecule has 0 aromatic heterocycles. The second-order valence-electron chi connectivity index (χ2n) is 4.85. The van der Waals surface area contributed by atoms with Crippen molar-refractivity contribution >= 4 is 22.5 Å². The third kappa shape index (κ3) is 3.92. The van der Waals surface area contributed by atoms with E-state index in [4.69, 9.17) is 4.74 Å². The van der Waals surface area contributed by atoms with Gasteiger partial charge in [-0.3, -0.25) is 9.59 Å². The van der Waals surface area contributed by atoms with Gasteiger partial charge in [0.05, 0.1) is 0 Å². The third-order valence-corrected chi connectivity index (χ3v) is 2.91. The summed E-state index contributed by atoms with van der Waals surface area (Å²) in [6.07, 6.45) is 1.34. The largest absolute Gasteiger partial charge is 0.462 e. The van der Waals surface area contributed by atoms with Gasteiger partial charge in [0.15, 0.2) is 0 Å². The lowest BCUT2D eigenvalue weighted by molar-refractivity contribution is -0.148. The van der Waals surface area contributed by atoms with Crippen LogP contribution in [0.25, 0.3) is 10.8 Å². The standard InChI is InChI=1S/C17H17O3/c1-12(18)9-17(19)20-13(2)10-14-7-8-15-5-3-4-6-16(15)11-14/h3-8,10-11,13H,9H2,1-2H3. The Morgan fingerprint density at radius 2 is 1.85 bits per heavy atom. The van der Waals surface area contributed by atoms with Crippen LogP contribution in [0.3, 0.4) is 0 Å². The lowest BCUT2D eigenvalue weighted by Gasteiger charge is -2.13. The second-order valence-corrected chi connectivity index (χ2v) is 4.85. The van der Waals surface area contributed by atoms with Gasteiger partial charge in [0.25, 0.3) is 0 Å². The molecule has 2 aromatic carbocycles. The van der Waals surface area contributed by atoms with E-state index in [9.17, 15) is 9.59 Å². The van der Waals surface area contributed by atoms with E-state index >= 15 is 0 Å². The topological polar surface area (TPSA) is 43.4 Å². The van der Waals surface area contributed by atoms with E-state index in [0.717, 1.165) is 10.9 Å². The van der Waals surface area contributed by atoms with E-state index < -0.39 is 5.97 Å². The van der Waals surface area contributed by atoms with E-state index in [1.807, 2.05) is 42.8 Å². The Morgan fingerprint density at radius 3 is 2.55 bits per heavy atom. The molecule has 0 amide bonds. The molecule has 0 spiro atoms. The van der Waals surface area contributed by atoms with Crippen LogP contribution in [0.15, 0.2) is 42.5 Å². The summed E-state index contributed by atoms with van der Waals surface area (Å²) in [5.74, 6) is -0.671. The number of carbonyl (C=O) groups excluding carboxylic acids is 2. The van der Waals surface area contributed by atoms with Crippen LogP contribution < -0.4 is 0 Å². The van der Waals surface area contributed by atoms with Crippen LogP contribution in [0.2, 0.25) is 0 Å². The van der Waals surface area contributed by atoms with Crippen LogP contribution in [-0.2, 0) is 14.3 Å². The average molecular weight is 269 g/mol. The van der Waals surface area contributed by atoms with E-state index in [1.54, 1.807) is 6.92 Å². The van der Waals surface area contributed by atoms with Crippen LogP contribution in [-0.4, -0.2) is 17.9 Å². The zero-order valence-corrected chi connectivity index (χ0v) is 11.6. The molecule has 1 atom stereocenters. The first-order valence-corrected chi connectivity index (χ1v) is 6.57. The average Bonchev–Trinajstić information content (AvgIpc) is 2.37. The Hall–Kier alpha value is -2.16. The van der Waals surface area contributed by atoms with E-state index in [0.29, 0.717) is 0 Å². The fraction of sp³-hybridized carbons (Fsp3) is 0.235. The zero-order valence-electron chi connectivity index (χ0n) is 11.6. The van der Waals surface area contributed by atoms with Crippen LogP contribution >= 0.6 is 0 Å². The van der Waals surface area contributed by atoms with Gasteiger partial charge in [-0.05, 0) is 30.2 Å². The summed E-state index contributed by atoms with van der Waals surface area (Å²) in [4.78, 5) is 22.2. The molecule has 0 saturated carbocycles. The summed E-state index contributed by atoms with van der Waals surface area (Å²) in [6, 6.07) is 14.1. The van der Waals surface area contributed by atoms with Crippen molar-refractivity contribution in [3.8, 4) is 0 Å². The molecule has 0 aliphatic heterocycles. The molecule has 0 saturated heterocycles. The lowest BCUT2D eigenvalue weighted by atomic mass is 10.0. The highest BCUT2D eigenvalue weighted by Crippen LogP contribution is 2.18. The quantitative estimate of drug-likeness (QED) is 0.618. The lowest BCUT2D eigenvalue weighted by Crippen LogP contribution is -2.17. The number of esters is 1. The maximum Gasteiger partial charge on any atom is 0.313 e. The Bertz CT molecular complexity index is 631. The smallest absolute Gasteiger partial charge is 0.313 e. The molecule has 3 heteroatoms. The van der Waals surface area contributed by atoms with Crippen molar-refractivity contribution in [3.05, 3.63) is 54.4 Å². The molecule has 2 rings (SSSR count). The third-order valence-electron chi connectivity index (χ3n) is 2.91. The highest BCUT2D eigenvalue weighted by atomic mass is 16.5. The molecule has 2 aromatic rings. The fourth-order valence-corrected chi connectivity index (χ4v) is 2.07. The van der Waals surface area contributed by atoms with Crippen molar-refractivity contribution in [3.63, 3.8) is 0 Å². The van der Waals surface area contributed by atoms with Crippen LogP contribution in [0, 0.1) is 6.42 Å². The first-order chi connectivity index (χ1) is 9.54. The van der Waals surface area contributed by atoms with Gasteiger partial charge < -0.3 is 4.74 Å². The second kappa shape index (κ2) is 6.33. The highest BCUT2D eigenvalue weighted by molar-refractivity contribution is 5.94. The molecule has 1 unspecified atom stereocenters. The summed E-state index contributed by atoms with van der Waals surface area (Å²) in [7, 11) is 0. The number of rotatable bonds is 5. The predicted molar refractivity (Wildman–Crippen MR) is 78.2 cm³/mol. The first kappa shape index (κ1) is 14.3. The number of hydrogen-bond donors (Lipinski definition) is 0. The number of carbonyl (C=O) groups is 2. The number of fused-ring (bicyclic) bond motifs is 1. The Morgan fingerprint density at radius 1 is 1.15 bits per heavy atom. The van der Waals surface area contributed by atoms with Gasteiger partial charge in [-0.15, -0.1) is 0 Å². The molecule has 20 heavy (non-hydrogen) atoms. The van der Waals surface area contributed by atoms with Gasteiger partial charge >= 0.3 is 5.97 Å². The minimum Gasteiger partial charge on any atom is -0.462 e. The van der Waals surface area contributed by atoms with Gasteiger partial charge in [0.1, 0.15) is 18.3 Å². The van der Waals surface area contributed by atoms with Crippen molar-refractivity contribution in [1.82, 2.24) is 0 Å². The van der Waals surface area contributed by atoms with Crippen molar-refractivity contribution in [2.45, 2.75) is 26.4 Å². The minimum atomic E-state index is -0.484. The molecular weight excluding hydrogens is 252 g/mol. The van der Waals surface area contributed by atoms with Gasteiger partial charge in [-0.25, -0.2) is 0 Å². The zero-order chi connectivity index (χ0) is 14.5. The number of ether oxygens (including phenoxy) is 1. The number of hydrogen-bond acceptors (Lipinski definition) is 3. The summed E-state index contributed by atoms with van der Waals surface area (Å²) in [6.45, 7) is 3.16. The van der Waals surface area contributed by atoms with Crippen molar-refractivity contribution < 1.29 is 14.3 Å². The SMILES string of the molecule is CC(=O)CC(=O)OC(C)[CH]c1ccc2ccccc2c1. The fourth-order valence-electron chi connectivity index (χ4n) is 2.07. The van der Waals surface area contributed by atoms with Crippen molar-refractivity contribution in [2.24, 2.45) is 0 Å². The van der Waals surface area contributed by atoms with Crippen LogP contribution in [0.1, 0.15) is 25.8 Å². The summed E-state index contributed by atoms with van der Waals surface area (Å²) in [5.41, 5.74) is 0.992. The molecule has 0 aliphatic carbocycles. The van der Waals surface area contributed by atoms with Gasteiger partial charge in [0.2, 0.25) is 0 Å². The number of ketones is 1. The number of Topliss-reactive ketones (excluding diaryl/α,β-unsaturated/α-hetero) is 1. The first-order valence-electron chi connectivity index (χ1n) is 6.57. The van der Waals surface area contributed by atoms with Crippen LogP contribution in [0.5, 0.6) is 0 Å². The van der Waals surface area contributed by atoms with E-state index in [1.165, 1.54) is 12.3 Å². The maximum atomic E-state index is 11.4. The van der Waals surface area contributed by atoms with Crippen molar-refractivity contribution in [1.29, 1.82) is 0 Å². The Labute approximate surface area is 118 Å². The molecular formula is C17H17O3. The highest BCUT2D eigenvalue weighted by Gasteiger charge is 2.12. The maximum absolute atomic E-state index is 11.4. The molecule has 1 radical (unpaired) electrons. The minimum absolute atomic E-state index is 0.171. The van der Waals surface area contributed by atoms with E-state index in [-0.39, 0.29) is 18.3 Å². The molecule has 0 bridgehead atoms. The Kier molecular flexibility index (Phi) is 4.51. The predicted octanol–water partition coefficient (Wildman–Crippen LogP) is 3.30. The van der Waals surface area contributed by atoms with Crippen molar-refractivity contribution in [2.75, 3.05) is 0 Å². The monoisotopic (exact) mass is 269 g/mol. The Balaban J connectivity index is 2.00. The summed E-state index contributed by atoms with van der Waals surface area (Å²) < 4.78 is 5.16.